The van der Waals surface area contributed by atoms with E-state index in [2.05, 4.69) is 5.10 Å². The molecule has 7 heteroatoms. The van der Waals surface area contributed by atoms with E-state index in [1.807, 2.05) is 19.1 Å². The minimum atomic E-state index is -3.54. The van der Waals surface area contributed by atoms with Gasteiger partial charge in [0.2, 0.25) is 10.0 Å². The number of rotatable bonds is 6. The molecule has 114 valence electrons. The average molecular weight is 308 g/mol. The number of nitrogen functional groups attached to an aromatic ring is 1. The third kappa shape index (κ3) is 3.62. The Morgan fingerprint density at radius 2 is 2.14 bits per heavy atom. The molecule has 0 amide bonds. The third-order valence-corrected chi connectivity index (χ3v) is 4.90. The van der Waals surface area contributed by atoms with E-state index in [0.29, 0.717) is 18.8 Å². The van der Waals surface area contributed by atoms with E-state index in [1.54, 1.807) is 19.2 Å². The summed E-state index contributed by atoms with van der Waals surface area (Å²) in [5.74, 6) is 0. The number of hydrogen-bond donors (Lipinski definition) is 1. The minimum absolute atomic E-state index is 0.211. The first-order chi connectivity index (χ1) is 9.93. The molecule has 1 heterocycles. The Morgan fingerprint density at radius 3 is 2.71 bits per heavy atom. The number of hydrogen-bond acceptors (Lipinski definition) is 4. The fraction of sp³-hybridized carbons (Fsp3) is 0.357. The van der Waals surface area contributed by atoms with Crippen molar-refractivity contribution in [1.29, 1.82) is 0 Å². The zero-order valence-electron chi connectivity index (χ0n) is 12.2. The SMILES string of the molecule is CCCN(Cc1cccc(N)c1)S(=O)(=O)c1cnn(C)c1. The monoisotopic (exact) mass is 308 g/mol. The lowest BCUT2D eigenvalue weighted by atomic mass is 10.2. The van der Waals surface area contributed by atoms with Crippen LogP contribution < -0.4 is 5.73 Å². The van der Waals surface area contributed by atoms with Gasteiger partial charge in [0.05, 0.1) is 6.20 Å². The van der Waals surface area contributed by atoms with Gasteiger partial charge in [-0.1, -0.05) is 19.1 Å². The maximum Gasteiger partial charge on any atom is 0.246 e. The summed E-state index contributed by atoms with van der Waals surface area (Å²) in [4.78, 5) is 0.211. The summed E-state index contributed by atoms with van der Waals surface area (Å²) in [5, 5.41) is 3.94. The molecule has 0 aliphatic heterocycles. The van der Waals surface area contributed by atoms with Crippen LogP contribution in [0.1, 0.15) is 18.9 Å². The van der Waals surface area contributed by atoms with Crippen LogP contribution in [0.15, 0.2) is 41.6 Å². The first-order valence-corrected chi connectivity index (χ1v) is 8.20. The van der Waals surface area contributed by atoms with Crippen molar-refractivity contribution in [2.24, 2.45) is 7.05 Å². The standard InChI is InChI=1S/C14H20N4O2S/c1-3-7-18(10-12-5-4-6-13(15)8-12)21(19,20)14-9-16-17(2)11-14/h4-6,8-9,11H,3,7,10,15H2,1-2H3. The number of anilines is 1. The highest BCUT2D eigenvalue weighted by Crippen LogP contribution is 2.19. The first kappa shape index (κ1) is 15.5. The summed E-state index contributed by atoms with van der Waals surface area (Å²) in [6.07, 6.45) is 3.62. The fourth-order valence-corrected chi connectivity index (χ4v) is 3.62. The Bertz CT molecular complexity index is 709. The molecule has 0 radical (unpaired) electrons. The molecule has 2 N–H and O–H groups in total. The number of nitrogens with zero attached hydrogens (tertiary/aromatic N) is 3. The zero-order chi connectivity index (χ0) is 15.5. The second-order valence-corrected chi connectivity index (χ2v) is 6.87. The predicted molar refractivity (Wildman–Crippen MR) is 81.9 cm³/mol. The zero-order valence-corrected chi connectivity index (χ0v) is 13.0. The van der Waals surface area contributed by atoms with Crippen molar-refractivity contribution in [2.75, 3.05) is 12.3 Å². The maximum absolute atomic E-state index is 12.7. The number of aromatic nitrogens is 2. The van der Waals surface area contributed by atoms with Crippen LogP contribution >= 0.6 is 0 Å². The molecule has 0 bridgehead atoms. The molecule has 0 saturated heterocycles. The normalized spacial score (nSPS) is 12.0. The van der Waals surface area contributed by atoms with Gasteiger partial charge in [-0.05, 0) is 24.1 Å². The van der Waals surface area contributed by atoms with E-state index >= 15 is 0 Å². The predicted octanol–water partition coefficient (Wildman–Crippen LogP) is 1.60. The second-order valence-electron chi connectivity index (χ2n) is 4.93. The van der Waals surface area contributed by atoms with Crippen LogP contribution in [-0.4, -0.2) is 29.0 Å². The van der Waals surface area contributed by atoms with Crippen molar-refractivity contribution in [3.8, 4) is 0 Å². The van der Waals surface area contributed by atoms with Crippen LogP contribution in [-0.2, 0) is 23.6 Å². The summed E-state index contributed by atoms with van der Waals surface area (Å²) in [6.45, 7) is 2.70. The van der Waals surface area contributed by atoms with Gasteiger partial charge in [0.25, 0.3) is 0 Å². The summed E-state index contributed by atoms with van der Waals surface area (Å²) >= 11 is 0. The van der Waals surface area contributed by atoms with Crippen LogP contribution in [0.3, 0.4) is 0 Å². The molecule has 0 saturated carbocycles. The lowest BCUT2D eigenvalue weighted by Crippen LogP contribution is -2.31. The molecule has 0 aliphatic carbocycles. The number of nitrogens with two attached hydrogens (primary N) is 1. The van der Waals surface area contributed by atoms with Crippen LogP contribution in [0.2, 0.25) is 0 Å². The van der Waals surface area contributed by atoms with Crippen molar-refractivity contribution in [1.82, 2.24) is 14.1 Å². The van der Waals surface area contributed by atoms with Gasteiger partial charge < -0.3 is 5.73 Å². The highest BCUT2D eigenvalue weighted by atomic mass is 32.2. The third-order valence-electron chi connectivity index (χ3n) is 3.10. The fourth-order valence-electron chi connectivity index (χ4n) is 2.11. The van der Waals surface area contributed by atoms with E-state index in [9.17, 15) is 8.42 Å². The van der Waals surface area contributed by atoms with E-state index < -0.39 is 10.0 Å². The molecule has 0 spiro atoms. The van der Waals surface area contributed by atoms with E-state index in [1.165, 1.54) is 21.4 Å². The van der Waals surface area contributed by atoms with Crippen molar-refractivity contribution >= 4 is 15.7 Å². The topological polar surface area (TPSA) is 81.2 Å². The number of benzene rings is 1. The Morgan fingerprint density at radius 1 is 1.38 bits per heavy atom. The van der Waals surface area contributed by atoms with Gasteiger partial charge in [-0.25, -0.2) is 8.42 Å². The summed E-state index contributed by atoms with van der Waals surface area (Å²) in [7, 11) is -1.85. The maximum atomic E-state index is 12.7. The number of sulfonamides is 1. The van der Waals surface area contributed by atoms with E-state index in [-0.39, 0.29) is 4.90 Å². The second kappa shape index (κ2) is 6.28. The number of aryl methyl sites for hydroxylation is 1. The first-order valence-electron chi connectivity index (χ1n) is 6.76. The molecule has 0 atom stereocenters. The Hall–Kier alpha value is -1.86. The Kier molecular flexibility index (Phi) is 4.64. The highest BCUT2D eigenvalue weighted by Gasteiger charge is 2.25. The lowest BCUT2D eigenvalue weighted by Gasteiger charge is -2.21. The van der Waals surface area contributed by atoms with Gasteiger partial charge in [-0.3, -0.25) is 4.68 Å². The van der Waals surface area contributed by atoms with Crippen LogP contribution in [0.5, 0.6) is 0 Å². The molecule has 2 aromatic rings. The summed E-state index contributed by atoms with van der Waals surface area (Å²) in [6, 6.07) is 7.27. The molecule has 6 nitrogen and oxygen atoms in total. The van der Waals surface area contributed by atoms with Crippen molar-refractivity contribution in [2.45, 2.75) is 24.8 Å². The molecule has 1 aromatic carbocycles. The van der Waals surface area contributed by atoms with Crippen molar-refractivity contribution in [3.63, 3.8) is 0 Å². The van der Waals surface area contributed by atoms with Gasteiger partial charge >= 0.3 is 0 Å². The highest BCUT2D eigenvalue weighted by molar-refractivity contribution is 7.89. The Balaban J connectivity index is 2.30. The van der Waals surface area contributed by atoms with Gasteiger partial charge in [0.1, 0.15) is 4.90 Å². The van der Waals surface area contributed by atoms with Crippen LogP contribution in [0, 0.1) is 0 Å². The molecule has 21 heavy (non-hydrogen) atoms. The smallest absolute Gasteiger partial charge is 0.246 e. The van der Waals surface area contributed by atoms with Crippen LogP contribution in [0.4, 0.5) is 5.69 Å². The quantitative estimate of drug-likeness (QED) is 0.822. The summed E-state index contributed by atoms with van der Waals surface area (Å²) in [5.41, 5.74) is 7.25. The molecular formula is C14H20N4O2S. The van der Waals surface area contributed by atoms with Gasteiger partial charge in [-0.15, -0.1) is 0 Å². The Labute approximate surface area is 125 Å². The van der Waals surface area contributed by atoms with Gasteiger partial charge in [-0.2, -0.15) is 9.40 Å². The van der Waals surface area contributed by atoms with Crippen molar-refractivity contribution < 1.29 is 8.42 Å². The molecular weight excluding hydrogens is 288 g/mol. The van der Waals surface area contributed by atoms with E-state index in [4.69, 9.17) is 5.73 Å². The largest absolute Gasteiger partial charge is 0.399 e. The molecule has 2 rings (SSSR count). The summed E-state index contributed by atoms with van der Waals surface area (Å²) < 4.78 is 28.3. The average Bonchev–Trinajstić information content (AvgIpc) is 2.86. The van der Waals surface area contributed by atoms with E-state index in [0.717, 1.165) is 12.0 Å². The van der Waals surface area contributed by atoms with Crippen molar-refractivity contribution in [3.05, 3.63) is 42.2 Å². The molecule has 0 fully saturated rings. The molecule has 0 aliphatic rings. The molecule has 0 unspecified atom stereocenters. The van der Waals surface area contributed by atoms with Gasteiger partial charge in [0.15, 0.2) is 0 Å². The minimum Gasteiger partial charge on any atom is -0.399 e. The molecule has 1 aromatic heterocycles. The van der Waals surface area contributed by atoms with Gasteiger partial charge in [0, 0.05) is 32.0 Å². The van der Waals surface area contributed by atoms with Crippen LogP contribution in [0.25, 0.3) is 0 Å². The lowest BCUT2D eigenvalue weighted by molar-refractivity contribution is 0.405.